The number of thioether (sulfide) groups is 1. The molecular formula is C29H37N5O2S. The number of amides is 2. The third-order valence-electron chi connectivity index (χ3n) is 6.46. The lowest BCUT2D eigenvalue weighted by Crippen LogP contribution is -2.57. The van der Waals surface area contributed by atoms with E-state index < -0.39 is 5.54 Å². The van der Waals surface area contributed by atoms with Gasteiger partial charge in [0.2, 0.25) is 11.8 Å². The van der Waals surface area contributed by atoms with Crippen LogP contribution < -0.4 is 10.2 Å². The van der Waals surface area contributed by atoms with Crippen LogP contribution in [0, 0.1) is 20.8 Å². The largest absolute Gasteiger partial charge is 0.378 e. The van der Waals surface area contributed by atoms with Gasteiger partial charge in [0.25, 0.3) is 0 Å². The minimum absolute atomic E-state index is 0.134. The maximum atomic E-state index is 13.7. The predicted octanol–water partition coefficient (Wildman–Crippen LogP) is 5.40. The van der Waals surface area contributed by atoms with E-state index in [1.165, 1.54) is 11.8 Å². The van der Waals surface area contributed by atoms with Crippen molar-refractivity contribution in [3.05, 3.63) is 77.1 Å². The van der Waals surface area contributed by atoms with Crippen LogP contribution in [0.2, 0.25) is 0 Å². The van der Waals surface area contributed by atoms with Gasteiger partial charge >= 0.3 is 0 Å². The first-order chi connectivity index (χ1) is 17.5. The number of nitrogens with zero attached hydrogens (tertiary/aromatic N) is 4. The summed E-state index contributed by atoms with van der Waals surface area (Å²) in [6.45, 7) is 9.94. The number of anilines is 2. The molecule has 2 amide bonds. The molecule has 2 aromatic carbocycles. The molecule has 3 rings (SSSR count). The van der Waals surface area contributed by atoms with Gasteiger partial charge in [-0.05, 0) is 70.0 Å². The third kappa shape index (κ3) is 7.32. The Bertz CT molecular complexity index is 1210. The van der Waals surface area contributed by atoms with Gasteiger partial charge in [0.05, 0.1) is 5.75 Å². The van der Waals surface area contributed by atoms with E-state index in [1.807, 2.05) is 108 Å². The Hall–Kier alpha value is -3.39. The van der Waals surface area contributed by atoms with Crippen molar-refractivity contribution < 1.29 is 9.59 Å². The molecule has 37 heavy (non-hydrogen) atoms. The molecule has 0 aliphatic heterocycles. The van der Waals surface area contributed by atoms with Crippen LogP contribution in [0.3, 0.4) is 0 Å². The number of aromatic nitrogens is 2. The fraction of sp³-hybridized carbons (Fsp3) is 0.379. The summed E-state index contributed by atoms with van der Waals surface area (Å²) in [7, 11) is 3.94. The maximum absolute atomic E-state index is 13.7. The molecule has 1 heterocycles. The van der Waals surface area contributed by atoms with Crippen molar-refractivity contribution in [3.63, 3.8) is 0 Å². The van der Waals surface area contributed by atoms with Crippen molar-refractivity contribution in [3.8, 4) is 0 Å². The zero-order chi connectivity index (χ0) is 27.2. The van der Waals surface area contributed by atoms with Crippen LogP contribution in [0.1, 0.15) is 42.8 Å². The summed E-state index contributed by atoms with van der Waals surface area (Å²) in [6, 6.07) is 17.6. The third-order valence-corrected chi connectivity index (χ3v) is 7.30. The highest BCUT2D eigenvalue weighted by Crippen LogP contribution is 2.27. The van der Waals surface area contributed by atoms with Crippen LogP contribution in [-0.2, 0) is 16.1 Å². The molecule has 0 radical (unpaired) electrons. The van der Waals surface area contributed by atoms with Crippen LogP contribution >= 0.6 is 11.8 Å². The monoisotopic (exact) mass is 519 g/mol. The number of rotatable bonds is 10. The van der Waals surface area contributed by atoms with Crippen LogP contribution in [0.5, 0.6) is 0 Å². The minimum atomic E-state index is -1.06. The molecule has 3 aromatic rings. The molecule has 0 spiro atoms. The average Bonchev–Trinajstić information content (AvgIpc) is 2.86. The highest BCUT2D eigenvalue weighted by Gasteiger charge is 2.40. The Morgan fingerprint density at radius 3 is 2.08 bits per heavy atom. The molecule has 0 aliphatic rings. The fourth-order valence-electron chi connectivity index (χ4n) is 3.96. The Balaban J connectivity index is 1.87. The standard InChI is InChI=1S/C29H37N5O2S/c1-8-29(5,27(36)32-24-13-15-25(16-14-24)33(6)7)34(18-23-11-9-20(2)10-12-23)26(35)19-37-28-30-21(3)17-22(4)31-28/h9-17H,8,18-19H2,1-7H3,(H,32,36)/t29-/m0/s1. The molecule has 1 N–H and O–H groups in total. The Morgan fingerprint density at radius 2 is 1.54 bits per heavy atom. The van der Waals surface area contributed by atoms with Gasteiger partial charge in [-0.1, -0.05) is 48.5 Å². The van der Waals surface area contributed by atoms with Gasteiger partial charge in [-0.2, -0.15) is 0 Å². The summed E-state index contributed by atoms with van der Waals surface area (Å²) in [6.07, 6.45) is 0.455. The number of aryl methyl sites for hydroxylation is 3. The number of nitrogens with one attached hydrogen (secondary N) is 1. The molecule has 1 atom stereocenters. The van der Waals surface area contributed by atoms with E-state index in [1.54, 1.807) is 4.90 Å². The summed E-state index contributed by atoms with van der Waals surface area (Å²) in [5.74, 6) is -0.230. The van der Waals surface area contributed by atoms with Gasteiger partial charge in [0.15, 0.2) is 5.16 Å². The molecule has 0 fully saturated rings. The topological polar surface area (TPSA) is 78.4 Å². The zero-order valence-electron chi connectivity index (χ0n) is 22.8. The second kappa shape index (κ2) is 12.2. The van der Waals surface area contributed by atoms with Gasteiger partial charge < -0.3 is 15.1 Å². The van der Waals surface area contributed by atoms with Crippen LogP contribution in [0.15, 0.2) is 59.8 Å². The Kier molecular flexibility index (Phi) is 9.32. The summed E-state index contributed by atoms with van der Waals surface area (Å²) in [5.41, 5.74) is 4.49. The van der Waals surface area contributed by atoms with Crippen molar-refractivity contribution in [2.24, 2.45) is 0 Å². The van der Waals surface area contributed by atoms with E-state index in [2.05, 4.69) is 15.3 Å². The lowest BCUT2D eigenvalue weighted by Gasteiger charge is -2.39. The smallest absolute Gasteiger partial charge is 0.250 e. The predicted molar refractivity (Wildman–Crippen MR) is 152 cm³/mol. The van der Waals surface area contributed by atoms with Crippen molar-refractivity contribution in [2.45, 2.75) is 58.3 Å². The lowest BCUT2D eigenvalue weighted by molar-refractivity contribution is -0.143. The highest BCUT2D eigenvalue weighted by molar-refractivity contribution is 7.99. The van der Waals surface area contributed by atoms with Gasteiger partial charge in [0, 0.05) is 43.4 Å². The van der Waals surface area contributed by atoms with Crippen molar-refractivity contribution in [1.29, 1.82) is 0 Å². The minimum Gasteiger partial charge on any atom is -0.378 e. The number of hydrogen-bond acceptors (Lipinski definition) is 6. The number of carbonyl (C=O) groups excluding carboxylic acids is 2. The molecule has 196 valence electrons. The molecular weight excluding hydrogens is 482 g/mol. The van der Waals surface area contributed by atoms with Crippen LogP contribution in [0.25, 0.3) is 0 Å². The molecule has 8 heteroatoms. The van der Waals surface area contributed by atoms with Crippen molar-refractivity contribution in [2.75, 3.05) is 30.1 Å². The van der Waals surface area contributed by atoms with Gasteiger partial charge in [-0.3, -0.25) is 9.59 Å². The van der Waals surface area contributed by atoms with Crippen LogP contribution in [-0.4, -0.2) is 52.1 Å². The second-order valence-corrected chi connectivity index (χ2v) is 10.7. The quantitative estimate of drug-likeness (QED) is 0.286. The normalized spacial score (nSPS) is 12.5. The Labute approximate surface area is 224 Å². The molecule has 1 aromatic heterocycles. The fourth-order valence-corrected chi connectivity index (χ4v) is 4.78. The summed E-state index contributed by atoms with van der Waals surface area (Å²) in [5, 5.41) is 3.60. The molecule has 0 saturated heterocycles. The number of carbonyl (C=O) groups is 2. The molecule has 0 unspecified atom stereocenters. The summed E-state index contributed by atoms with van der Waals surface area (Å²) < 4.78 is 0. The lowest BCUT2D eigenvalue weighted by atomic mass is 9.93. The van der Waals surface area contributed by atoms with E-state index in [4.69, 9.17) is 0 Å². The molecule has 0 aliphatic carbocycles. The Morgan fingerprint density at radius 1 is 0.946 bits per heavy atom. The zero-order valence-corrected chi connectivity index (χ0v) is 23.6. The maximum Gasteiger partial charge on any atom is 0.250 e. The van der Waals surface area contributed by atoms with E-state index in [0.29, 0.717) is 23.8 Å². The van der Waals surface area contributed by atoms with Gasteiger partial charge in [0.1, 0.15) is 5.54 Å². The first-order valence-electron chi connectivity index (χ1n) is 12.4. The van der Waals surface area contributed by atoms with Gasteiger partial charge in [-0.15, -0.1) is 0 Å². The average molecular weight is 520 g/mol. The van der Waals surface area contributed by atoms with E-state index in [9.17, 15) is 9.59 Å². The van der Waals surface area contributed by atoms with Crippen LogP contribution in [0.4, 0.5) is 11.4 Å². The van der Waals surface area contributed by atoms with Crippen molar-refractivity contribution in [1.82, 2.24) is 14.9 Å². The second-order valence-electron chi connectivity index (χ2n) is 9.71. The van der Waals surface area contributed by atoms with Crippen molar-refractivity contribution >= 4 is 35.0 Å². The molecule has 7 nitrogen and oxygen atoms in total. The first-order valence-corrected chi connectivity index (χ1v) is 13.4. The number of hydrogen-bond donors (Lipinski definition) is 1. The molecule has 0 saturated carbocycles. The highest BCUT2D eigenvalue weighted by atomic mass is 32.2. The molecule has 0 bridgehead atoms. The summed E-state index contributed by atoms with van der Waals surface area (Å²) in [4.78, 5) is 40.0. The van der Waals surface area contributed by atoms with E-state index >= 15 is 0 Å². The summed E-state index contributed by atoms with van der Waals surface area (Å²) >= 11 is 1.29. The number of benzene rings is 2. The van der Waals surface area contributed by atoms with E-state index in [-0.39, 0.29) is 17.6 Å². The van der Waals surface area contributed by atoms with Gasteiger partial charge in [-0.25, -0.2) is 9.97 Å². The van der Waals surface area contributed by atoms with E-state index in [0.717, 1.165) is 28.2 Å². The first kappa shape index (κ1) is 28.2. The SMILES string of the molecule is CC[C@@](C)(C(=O)Nc1ccc(N(C)C)cc1)N(Cc1ccc(C)cc1)C(=O)CSc1nc(C)cc(C)n1.